The molecule has 2 rings (SSSR count). The summed E-state index contributed by atoms with van der Waals surface area (Å²) in [5, 5.41) is 4.83. The summed E-state index contributed by atoms with van der Waals surface area (Å²) >= 11 is 0. The van der Waals surface area contributed by atoms with Crippen LogP contribution in [0.15, 0.2) is 30.3 Å². The fourth-order valence-electron chi connectivity index (χ4n) is 2.95. The van der Waals surface area contributed by atoms with Gasteiger partial charge in [0.1, 0.15) is 5.75 Å². The summed E-state index contributed by atoms with van der Waals surface area (Å²) in [7, 11) is 0. The molecule has 2 aromatic rings. The third-order valence-corrected chi connectivity index (χ3v) is 4.32. The Hall–Kier alpha value is -3.24. The second-order valence-corrected chi connectivity index (χ2v) is 7.13. The van der Waals surface area contributed by atoms with Crippen molar-refractivity contribution in [2.24, 2.45) is 0 Å². The maximum absolute atomic E-state index is 12.9. The molecule has 174 valence electrons. The van der Waals surface area contributed by atoms with Crippen molar-refractivity contribution in [3.8, 4) is 5.75 Å². The first-order valence-electron chi connectivity index (χ1n) is 9.23. The van der Waals surface area contributed by atoms with Crippen LogP contribution in [0, 0.1) is 20.8 Å². The SMILES string of the molecule is Cc1cc(C)c(NC(=O)CNC(=O)COc2cc(C(F)(F)F)cc(C(F)(F)F)c2)c(C)c1. The number of alkyl halides is 6. The first-order chi connectivity index (χ1) is 14.7. The maximum atomic E-state index is 12.9. The third-order valence-electron chi connectivity index (χ3n) is 4.32. The van der Waals surface area contributed by atoms with Gasteiger partial charge in [0.2, 0.25) is 5.91 Å². The van der Waals surface area contributed by atoms with Gasteiger partial charge in [-0.05, 0) is 50.1 Å². The first-order valence-corrected chi connectivity index (χ1v) is 9.23. The zero-order valence-corrected chi connectivity index (χ0v) is 17.3. The molecule has 0 radical (unpaired) electrons. The number of benzene rings is 2. The lowest BCUT2D eigenvalue weighted by molar-refractivity contribution is -0.143. The minimum Gasteiger partial charge on any atom is -0.484 e. The van der Waals surface area contributed by atoms with E-state index in [4.69, 9.17) is 4.74 Å². The Morgan fingerprint density at radius 3 is 1.78 bits per heavy atom. The average molecular weight is 462 g/mol. The van der Waals surface area contributed by atoms with E-state index in [-0.39, 0.29) is 6.07 Å². The number of rotatable bonds is 6. The molecule has 0 saturated carbocycles. The number of hydrogen-bond acceptors (Lipinski definition) is 3. The number of aryl methyl sites for hydroxylation is 3. The smallest absolute Gasteiger partial charge is 0.416 e. The molecule has 32 heavy (non-hydrogen) atoms. The van der Waals surface area contributed by atoms with E-state index < -0.39 is 54.2 Å². The highest BCUT2D eigenvalue weighted by Gasteiger charge is 2.37. The van der Waals surface area contributed by atoms with Gasteiger partial charge in [-0.1, -0.05) is 17.7 Å². The Bertz CT molecular complexity index is 960. The molecule has 2 aromatic carbocycles. The van der Waals surface area contributed by atoms with Gasteiger partial charge in [-0.25, -0.2) is 0 Å². The Morgan fingerprint density at radius 2 is 1.31 bits per heavy atom. The van der Waals surface area contributed by atoms with E-state index in [0.29, 0.717) is 17.8 Å². The average Bonchev–Trinajstić information content (AvgIpc) is 2.66. The van der Waals surface area contributed by atoms with E-state index >= 15 is 0 Å². The molecule has 0 aliphatic rings. The molecular formula is C21H20F6N2O3. The number of carbonyl (C=O) groups is 2. The predicted molar refractivity (Wildman–Crippen MR) is 104 cm³/mol. The van der Waals surface area contributed by atoms with Crippen LogP contribution in [0.3, 0.4) is 0 Å². The second-order valence-electron chi connectivity index (χ2n) is 7.13. The van der Waals surface area contributed by atoms with Gasteiger partial charge in [-0.2, -0.15) is 26.3 Å². The van der Waals surface area contributed by atoms with Crippen LogP contribution in [-0.2, 0) is 21.9 Å². The van der Waals surface area contributed by atoms with Gasteiger partial charge in [0, 0.05) is 5.69 Å². The lowest BCUT2D eigenvalue weighted by Gasteiger charge is -2.15. The number of nitrogens with one attached hydrogen (secondary N) is 2. The zero-order valence-electron chi connectivity index (χ0n) is 17.3. The standard InChI is InChI=1S/C21H20F6N2O3/c1-11-4-12(2)19(13(3)5-11)29-17(30)9-28-18(31)10-32-16-7-14(20(22,23)24)6-15(8-16)21(25,26)27/h4-8H,9-10H2,1-3H3,(H,28,31)(H,29,30). The van der Waals surface area contributed by atoms with Crippen LogP contribution in [0.2, 0.25) is 0 Å². The molecule has 0 atom stereocenters. The van der Waals surface area contributed by atoms with Crippen molar-refractivity contribution in [1.29, 1.82) is 0 Å². The molecule has 0 spiro atoms. The van der Waals surface area contributed by atoms with Gasteiger partial charge < -0.3 is 15.4 Å². The van der Waals surface area contributed by atoms with Crippen LogP contribution < -0.4 is 15.4 Å². The molecule has 0 aliphatic heterocycles. The summed E-state index contributed by atoms with van der Waals surface area (Å²) < 4.78 is 81.9. The summed E-state index contributed by atoms with van der Waals surface area (Å²) in [4.78, 5) is 23.9. The quantitative estimate of drug-likeness (QED) is 0.607. The van der Waals surface area contributed by atoms with Crippen molar-refractivity contribution in [3.63, 3.8) is 0 Å². The molecule has 0 saturated heterocycles. The van der Waals surface area contributed by atoms with Gasteiger partial charge >= 0.3 is 12.4 Å². The molecule has 5 nitrogen and oxygen atoms in total. The molecule has 0 fully saturated rings. The van der Waals surface area contributed by atoms with Crippen LogP contribution in [0.1, 0.15) is 27.8 Å². The van der Waals surface area contributed by atoms with Crippen molar-refractivity contribution in [1.82, 2.24) is 5.32 Å². The van der Waals surface area contributed by atoms with Crippen LogP contribution in [0.4, 0.5) is 32.0 Å². The first kappa shape index (κ1) is 25.0. The van der Waals surface area contributed by atoms with Crippen LogP contribution in [0.25, 0.3) is 0 Å². The maximum Gasteiger partial charge on any atom is 0.416 e. The van der Waals surface area contributed by atoms with Crippen LogP contribution in [-0.4, -0.2) is 25.0 Å². The fourth-order valence-corrected chi connectivity index (χ4v) is 2.95. The number of hydrogen-bond donors (Lipinski definition) is 2. The van der Waals surface area contributed by atoms with Crippen LogP contribution >= 0.6 is 0 Å². The van der Waals surface area contributed by atoms with Crippen molar-refractivity contribution < 1.29 is 40.7 Å². The zero-order chi connectivity index (χ0) is 24.3. The lowest BCUT2D eigenvalue weighted by atomic mass is 10.1. The van der Waals surface area contributed by atoms with E-state index in [1.807, 2.05) is 19.1 Å². The van der Waals surface area contributed by atoms with Crippen molar-refractivity contribution in [2.45, 2.75) is 33.1 Å². The van der Waals surface area contributed by atoms with Crippen molar-refractivity contribution in [2.75, 3.05) is 18.5 Å². The van der Waals surface area contributed by atoms with Gasteiger partial charge in [-0.15, -0.1) is 0 Å². The van der Waals surface area contributed by atoms with E-state index in [1.54, 1.807) is 13.8 Å². The highest BCUT2D eigenvalue weighted by molar-refractivity contribution is 5.95. The molecule has 0 heterocycles. The van der Waals surface area contributed by atoms with Gasteiger partial charge in [0.15, 0.2) is 6.61 Å². The summed E-state index contributed by atoms with van der Waals surface area (Å²) in [5.41, 5.74) is 0.0874. The molecule has 0 bridgehead atoms. The number of halogens is 6. The Kier molecular flexibility index (Phi) is 7.42. The van der Waals surface area contributed by atoms with Crippen molar-refractivity contribution in [3.05, 3.63) is 58.1 Å². The largest absolute Gasteiger partial charge is 0.484 e. The Morgan fingerprint density at radius 1 is 0.812 bits per heavy atom. The highest BCUT2D eigenvalue weighted by Crippen LogP contribution is 2.38. The Balaban J connectivity index is 1.98. The fraction of sp³-hybridized carbons (Fsp3) is 0.333. The monoisotopic (exact) mass is 462 g/mol. The van der Waals surface area contributed by atoms with Gasteiger partial charge in [-0.3, -0.25) is 9.59 Å². The van der Waals surface area contributed by atoms with E-state index in [1.165, 1.54) is 0 Å². The highest BCUT2D eigenvalue weighted by atomic mass is 19.4. The number of amides is 2. The van der Waals surface area contributed by atoms with E-state index in [2.05, 4.69) is 10.6 Å². The number of carbonyl (C=O) groups excluding carboxylic acids is 2. The topological polar surface area (TPSA) is 67.4 Å². The number of anilines is 1. The molecular weight excluding hydrogens is 442 g/mol. The van der Waals surface area contributed by atoms with Crippen molar-refractivity contribution >= 4 is 17.5 Å². The minimum atomic E-state index is -5.04. The molecule has 0 unspecified atom stereocenters. The number of ether oxygens (including phenoxy) is 1. The third kappa shape index (κ3) is 6.89. The predicted octanol–water partition coefficient (Wildman–Crippen LogP) is 4.78. The molecule has 0 aliphatic carbocycles. The summed E-state index contributed by atoms with van der Waals surface area (Å²) in [6.45, 7) is 4.15. The molecule has 2 amide bonds. The van der Waals surface area contributed by atoms with Gasteiger partial charge in [0.25, 0.3) is 5.91 Å². The second kappa shape index (κ2) is 9.49. The molecule has 2 N–H and O–H groups in total. The summed E-state index contributed by atoms with van der Waals surface area (Å²) in [5.74, 6) is -2.24. The van der Waals surface area contributed by atoms with Gasteiger partial charge in [0.05, 0.1) is 17.7 Å². The molecule has 0 aromatic heterocycles. The normalized spacial score (nSPS) is 11.8. The minimum absolute atomic E-state index is 0.0493. The summed E-state index contributed by atoms with van der Waals surface area (Å²) in [6, 6.07) is 4.39. The molecule has 11 heteroatoms. The summed E-state index contributed by atoms with van der Waals surface area (Å²) in [6.07, 6.45) is -10.1. The Labute approximate surface area is 179 Å². The lowest BCUT2D eigenvalue weighted by Crippen LogP contribution is -2.36. The van der Waals surface area contributed by atoms with Crippen LogP contribution in [0.5, 0.6) is 5.75 Å². The van der Waals surface area contributed by atoms with E-state index in [9.17, 15) is 35.9 Å². The van der Waals surface area contributed by atoms with E-state index in [0.717, 1.165) is 16.7 Å².